The quantitative estimate of drug-likeness (QED) is 0.760. The standard InChI is InChI=1S/C13H22O3/c1-3-13(11(14)15)7-9-4-10(8-13)6-12(2,16)5-9/h9-10,16H,3-8H2,1-2H3,(H,14,15). The molecule has 0 aromatic heterocycles. The molecular weight excluding hydrogens is 204 g/mol. The summed E-state index contributed by atoms with van der Waals surface area (Å²) in [7, 11) is 0. The van der Waals surface area contributed by atoms with Gasteiger partial charge in [-0.25, -0.2) is 0 Å². The van der Waals surface area contributed by atoms with Crippen molar-refractivity contribution in [3.63, 3.8) is 0 Å². The topological polar surface area (TPSA) is 57.5 Å². The molecule has 0 amide bonds. The van der Waals surface area contributed by atoms with E-state index in [0.29, 0.717) is 11.8 Å². The molecule has 3 nitrogen and oxygen atoms in total. The first-order valence-electron chi connectivity index (χ1n) is 6.33. The van der Waals surface area contributed by atoms with Crippen LogP contribution in [0.5, 0.6) is 0 Å². The molecule has 2 fully saturated rings. The van der Waals surface area contributed by atoms with Gasteiger partial charge in [-0.05, 0) is 57.3 Å². The molecule has 0 saturated heterocycles. The van der Waals surface area contributed by atoms with E-state index in [4.69, 9.17) is 0 Å². The minimum absolute atomic E-state index is 0.401. The lowest BCUT2D eigenvalue weighted by Gasteiger charge is -2.49. The van der Waals surface area contributed by atoms with E-state index in [2.05, 4.69) is 0 Å². The van der Waals surface area contributed by atoms with Gasteiger partial charge in [0.15, 0.2) is 0 Å². The Morgan fingerprint density at radius 1 is 1.25 bits per heavy atom. The predicted octanol–water partition coefficient (Wildman–Crippen LogP) is 2.43. The van der Waals surface area contributed by atoms with Gasteiger partial charge in [0.05, 0.1) is 11.0 Å². The van der Waals surface area contributed by atoms with Crippen molar-refractivity contribution in [2.24, 2.45) is 17.3 Å². The summed E-state index contributed by atoms with van der Waals surface area (Å²) < 4.78 is 0. The van der Waals surface area contributed by atoms with Crippen LogP contribution in [0.2, 0.25) is 0 Å². The van der Waals surface area contributed by atoms with E-state index in [1.54, 1.807) is 0 Å². The van der Waals surface area contributed by atoms with Crippen molar-refractivity contribution in [2.45, 2.75) is 58.0 Å². The molecule has 0 aromatic carbocycles. The van der Waals surface area contributed by atoms with E-state index in [1.807, 2.05) is 13.8 Å². The fourth-order valence-electron chi connectivity index (χ4n) is 4.08. The first-order valence-corrected chi connectivity index (χ1v) is 6.33. The molecule has 0 heterocycles. The molecule has 2 rings (SSSR count). The number of carboxylic acids is 1. The van der Waals surface area contributed by atoms with Gasteiger partial charge in [0.25, 0.3) is 0 Å². The maximum Gasteiger partial charge on any atom is 0.309 e. The van der Waals surface area contributed by atoms with Crippen molar-refractivity contribution in [3.05, 3.63) is 0 Å². The molecule has 0 aromatic rings. The molecule has 16 heavy (non-hydrogen) atoms. The number of carboxylic acid groups (broad SMARTS) is 1. The van der Waals surface area contributed by atoms with Crippen LogP contribution in [-0.2, 0) is 4.79 Å². The van der Waals surface area contributed by atoms with E-state index >= 15 is 0 Å². The number of hydrogen-bond acceptors (Lipinski definition) is 2. The summed E-state index contributed by atoms with van der Waals surface area (Å²) in [5.41, 5.74) is -1.07. The molecule has 2 N–H and O–H groups in total. The van der Waals surface area contributed by atoms with E-state index in [9.17, 15) is 15.0 Å². The highest BCUT2D eigenvalue weighted by atomic mass is 16.4. The molecular formula is C13H22O3. The van der Waals surface area contributed by atoms with E-state index in [1.165, 1.54) is 0 Å². The molecule has 2 saturated carbocycles. The number of carbonyl (C=O) groups is 1. The maximum atomic E-state index is 11.4. The third-order valence-corrected chi connectivity index (χ3v) is 4.61. The summed E-state index contributed by atoms with van der Waals surface area (Å²) in [5, 5.41) is 19.5. The Morgan fingerprint density at radius 2 is 1.75 bits per heavy atom. The molecule has 0 aliphatic heterocycles. The highest BCUT2D eigenvalue weighted by molar-refractivity contribution is 5.74. The monoisotopic (exact) mass is 226 g/mol. The fraction of sp³-hybridized carbons (Fsp3) is 0.923. The highest BCUT2D eigenvalue weighted by Gasteiger charge is 2.49. The summed E-state index contributed by atoms with van der Waals surface area (Å²) in [5.74, 6) is 0.170. The second kappa shape index (κ2) is 3.73. The van der Waals surface area contributed by atoms with Crippen molar-refractivity contribution in [2.75, 3.05) is 0 Å². The molecule has 2 atom stereocenters. The molecule has 2 unspecified atom stereocenters. The summed E-state index contributed by atoms with van der Waals surface area (Å²) in [6.45, 7) is 3.87. The van der Waals surface area contributed by atoms with Crippen LogP contribution < -0.4 is 0 Å². The number of fused-ring (bicyclic) bond motifs is 2. The number of aliphatic carboxylic acids is 1. The lowest BCUT2D eigenvalue weighted by molar-refractivity contribution is -0.158. The van der Waals surface area contributed by atoms with Crippen LogP contribution in [0.4, 0.5) is 0 Å². The Hall–Kier alpha value is -0.570. The van der Waals surface area contributed by atoms with Crippen molar-refractivity contribution in [3.8, 4) is 0 Å². The maximum absolute atomic E-state index is 11.4. The third kappa shape index (κ3) is 1.97. The van der Waals surface area contributed by atoms with Crippen LogP contribution >= 0.6 is 0 Å². The smallest absolute Gasteiger partial charge is 0.309 e. The lowest BCUT2D eigenvalue weighted by Crippen LogP contribution is -2.47. The Kier molecular flexibility index (Phi) is 2.77. The van der Waals surface area contributed by atoms with E-state index in [0.717, 1.165) is 38.5 Å². The van der Waals surface area contributed by atoms with Crippen LogP contribution in [0, 0.1) is 17.3 Å². The molecule has 2 aliphatic carbocycles. The first-order chi connectivity index (χ1) is 7.37. The minimum atomic E-state index is -0.633. The van der Waals surface area contributed by atoms with Gasteiger partial charge in [0, 0.05) is 0 Å². The largest absolute Gasteiger partial charge is 0.481 e. The van der Waals surface area contributed by atoms with Crippen molar-refractivity contribution >= 4 is 5.97 Å². The zero-order valence-electron chi connectivity index (χ0n) is 10.2. The van der Waals surface area contributed by atoms with Gasteiger partial charge in [0.1, 0.15) is 0 Å². The first kappa shape index (κ1) is 11.9. The summed E-state index contributed by atoms with van der Waals surface area (Å²) >= 11 is 0. The summed E-state index contributed by atoms with van der Waals surface area (Å²) in [4.78, 5) is 11.4. The minimum Gasteiger partial charge on any atom is -0.481 e. The molecule has 0 radical (unpaired) electrons. The Balaban J connectivity index is 2.18. The van der Waals surface area contributed by atoms with Crippen LogP contribution in [-0.4, -0.2) is 21.8 Å². The van der Waals surface area contributed by atoms with Gasteiger partial charge >= 0.3 is 5.97 Å². The van der Waals surface area contributed by atoms with E-state index < -0.39 is 17.0 Å². The molecule has 0 spiro atoms. The Labute approximate surface area is 96.9 Å². The lowest BCUT2D eigenvalue weighted by atomic mass is 9.57. The fourth-order valence-corrected chi connectivity index (χ4v) is 4.08. The van der Waals surface area contributed by atoms with Crippen molar-refractivity contribution in [1.82, 2.24) is 0 Å². The SMILES string of the molecule is CCC1(C(=O)O)CC2CC(CC(C)(O)C2)C1. The Bertz CT molecular complexity index is 280. The zero-order valence-corrected chi connectivity index (χ0v) is 10.2. The number of hydrogen-bond donors (Lipinski definition) is 2. The predicted molar refractivity (Wildman–Crippen MR) is 61.0 cm³/mol. The van der Waals surface area contributed by atoms with Gasteiger partial charge in [-0.3, -0.25) is 4.79 Å². The average Bonchev–Trinajstić information content (AvgIpc) is 2.13. The third-order valence-electron chi connectivity index (χ3n) is 4.61. The zero-order chi connectivity index (χ0) is 12.0. The van der Waals surface area contributed by atoms with Crippen LogP contribution in [0.25, 0.3) is 0 Å². The highest BCUT2D eigenvalue weighted by Crippen LogP contribution is 2.52. The van der Waals surface area contributed by atoms with Crippen molar-refractivity contribution < 1.29 is 15.0 Å². The van der Waals surface area contributed by atoms with Gasteiger partial charge in [-0.2, -0.15) is 0 Å². The van der Waals surface area contributed by atoms with E-state index in [-0.39, 0.29) is 0 Å². The molecule has 3 heteroatoms. The van der Waals surface area contributed by atoms with Crippen LogP contribution in [0.1, 0.15) is 52.4 Å². The molecule has 2 aliphatic rings. The summed E-state index contributed by atoms with van der Waals surface area (Å²) in [6, 6.07) is 0. The number of aliphatic hydroxyl groups is 1. The van der Waals surface area contributed by atoms with Crippen molar-refractivity contribution in [1.29, 1.82) is 0 Å². The molecule has 92 valence electrons. The second-order valence-corrected chi connectivity index (χ2v) is 6.22. The second-order valence-electron chi connectivity index (χ2n) is 6.22. The average molecular weight is 226 g/mol. The molecule has 2 bridgehead atoms. The van der Waals surface area contributed by atoms with Gasteiger partial charge in [-0.1, -0.05) is 6.92 Å². The Morgan fingerprint density at radius 3 is 2.12 bits per heavy atom. The number of rotatable bonds is 2. The van der Waals surface area contributed by atoms with Gasteiger partial charge in [-0.15, -0.1) is 0 Å². The normalized spacial score (nSPS) is 47.7. The summed E-state index contributed by atoms with van der Waals surface area (Å²) in [6.07, 6.45) is 4.90. The van der Waals surface area contributed by atoms with Gasteiger partial charge in [0.2, 0.25) is 0 Å². The van der Waals surface area contributed by atoms with Gasteiger partial charge < -0.3 is 10.2 Å². The van der Waals surface area contributed by atoms with Crippen LogP contribution in [0.3, 0.4) is 0 Å². The van der Waals surface area contributed by atoms with Crippen LogP contribution in [0.15, 0.2) is 0 Å².